The number of hydrogen-bond donors (Lipinski definition) is 2. The van der Waals surface area contributed by atoms with Gasteiger partial charge in [0.1, 0.15) is 35.1 Å². The van der Waals surface area contributed by atoms with Crippen molar-refractivity contribution >= 4 is 22.6 Å². The Labute approximate surface area is 235 Å². The lowest BCUT2D eigenvalue weighted by atomic mass is 9.97. The Hall–Kier alpha value is -5.29. The maximum absolute atomic E-state index is 14.3. The second kappa shape index (κ2) is 11.8. The predicted molar refractivity (Wildman–Crippen MR) is 154 cm³/mol. The Balaban J connectivity index is 1.60. The van der Waals surface area contributed by atoms with E-state index in [9.17, 15) is 23.9 Å². The second-order valence-corrected chi connectivity index (χ2v) is 9.36. The van der Waals surface area contributed by atoms with Gasteiger partial charge in [-0.15, -0.1) is 0 Å². The summed E-state index contributed by atoms with van der Waals surface area (Å²) in [5.41, 5.74) is 3.97. The van der Waals surface area contributed by atoms with Crippen LogP contribution in [0.2, 0.25) is 0 Å². The first-order chi connectivity index (χ1) is 19.9. The summed E-state index contributed by atoms with van der Waals surface area (Å²) in [4.78, 5) is 16.9. The minimum absolute atomic E-state index is 0.00286. The lowest BCUT2D eigenvalue weighted by Gasteiger charge is -2.20. The first-order valence-electron chi connectivity index (χ1n) is 13.0. The van der Waals surface area contributed by atoms with E-state index in [1.54, 1.807) is 0 Å². The van der Waals surface area contributed by atoms with Gasteiger partial charge in [-0.25, -0.2) is 18.6 Å². The fourth-order valence-electron chi connectivity index (χ4n) is 4.73. The van der Waals surface area contributed by atoms with Crippen LogP contribution < -0.4 is 10.1 Å². The average Bonchev–Trinajstić information content (AvgIpc) is 2.98. The number of nitrogens with zero attached hydrogens (tertiary/aromatic N) is 2. The van der Waals surface area contributed by atoms with Gasteiger partial charge in [-0.05, 0) is 54.4 Å². The highest BCUT2D eigenvalue weighted by atomic mass is 19.1. The van der Waals surface area contributed by atoms with Crippen molar-refractivity contribution < 1.29 is 23.4 Å². The zero-order chi connectivity index (χ0) is 28.9. The Kier molecular flexibility index (Phi) is 7.88. The summed E-state index contributed by atoms with van der Waals surface area (Å²) in [6.45, 7) is 2.44. The summed E-state index contributed by atoms with van der Waals surface area (Å²) in [6.07, 6.45) is 0.00286. The molecule has 0 aliphatic carbocycles. The van der Waals surface area contributed by atoms with Crippen LogP contribution in [0.25, 0.3) is 33.3 Å². The molecule has 8 heteroatoms. The van der Waals surface area contributed by atoms with Crippen LogP contribution in [-0.4, -0.2) is 28.7 Å². The van der Waals surface area contributed by atoms with E-state index < -0.39 is 23.6 Å². The van der Waals surface area contributed by atoms with E-state index in [4.69, 9.17) is 4.74 Å². The fourth-order valence-corrected chi connectivity index (χ4v) is 4.73. The number of carboxylic acid groups (broad SMARTS) is 1. The molecule has 4 aromatic carbocycles. The summed E-state index contributed by atoms with van der Waals surface area (Å²) in [6, 6.07) is 25.6. The van der Waals surface area contributed by atoms with Crippen LogP contribution in [0.1, 0.15) is 18.1 Å². The van der Waals surface area contributed by atoms with Gasteiger partial charge >= 0.3 is 5.97 Å². The molecule has 0 spiro atoms. The Morgan fingerprint density at radius 3 is 2.34 bits per heavy atom. The molecule has 0 unspecified atom stereocenters. The van der Waals surface area contributed by atoms with Crippen molar-refractivity contribution in [2.24, 2.45) is 0 Å². The Morgan fingerprint density at radius 1 is 0.976 bits per heavy atom. The zero-order valence-electron chi connectivity index (χ0n) is 22.1. The number of ether oxygens (including phenoxy) is 1. The molecule has 0 aliphatic heterocycles. The summed E-state index contributed by atoms with van der Waals surface area (Å²) in [5, 5.41) is 23.5. The molecule has 0 fully saturated rings. The van der Waals surface area contributed by atoms with E-state index in [1.807, 2.05) is 55.5 Å². The van der Waals surface area contributed by atoms with Crippen molar-refractivity contribution in [2.75, 3.05) is 11.9 Å². The van der Waals surface area contributed by atoms with E-state index in [0.29, 0.717) is 28.9 Å². The largest absolute Gasteiger partial charge is 0.493 e. The second-order valence-electron chi connectivity index (χ2n) is 9.36. The van der Waals surface area contributed by atoms with Crippen LogP contribution in [0.15, 0.2) is 91.0 Å². The van der Waals surface area contributed by atoms with Crippen molar-refractivity contribution in [2.45, 2.75) is 19.4 Å². The molecule has 0 bridgehead atoms. The molecule has 41 heavy (non-hydrogen) atoms. The molecule has 1 heterocycles. The van der Waals surface area contributed by atoms with E-state index in [0.717, 1.165) is 16.9 Å². The lowest BCUT2D eigenvalue weighted by Crippen LogP contribution is -2.32. The van der Waals surface area contributed by atoms with Gasteiger partial charge in [0.2, 0.25) is 0 Å². The van der Waals surface area contributed by atoms with Crippen molar-refractivity contribution in [1.29, 1.82) is 5.26 Å². The summed E-state index contributed by atoms with van der Waals surface area (Å²) in [7, 11) is 0. The third-order valence-corrected chi connectivity index (χ3v) is 6.68. The number of rotatable bonds is 9. The predicted octanol–water partition coefficient (Wildman–Crippen LogP) is 7.23. The molecule has 1 atom stereocenters. The number of para-hydroxylation sites is 1. The van der Waals surface area contributed by atoms with Crippen molar-refractivity contribution in [3.05, 3.63) is 114 Å². The molecule has 204 valence electrons. The number of carboxylic acids is 1. The smallest absolute Gasteiger partial charge is 0.326 e. The SMILES string of the molecule is CCOc1ccccc1-c1ccc(-c2nc3ccc(F)cc3c(N[C@@H](Cc3ccc(F)cc3)C(=O)O)c2C#N)cc1. The van der Waals surface area contributed by atoms with Crippen molar-refractivity contribution in [3.8, 4) is 34.2 Å². The number of nitrogens with one attached hydrogen (secondary N) is 1. The van der Waals surface area contributed by atoms with Crippen LogP contribution in [0.3, 0.4) is 0 Å². The fraction of sp³-hybridized carbons (Fsp3) is 0.121. The van der Waals surface area contributed by atoms with Gasteiger partial charge < -0.3 is 15.2 Å². The highest BCUT2D eigenvalue weighted by molar-refractivity contribution is 5.99. The standard InChI is InChI=1S/C33H25F2N3O3/c1-2-41-30-6-4-3-5-25(30)21-9-11-22(12-10-21)31-27(19-36)32(26-18-24(35)15-16-28(26)37-31)38-29(33(39)40)17-20-7-13-23(34)14-8-20/h3-16,18,29H,2,17H2,1H3,(H,37,38)(H,39,40)/t29-/m0/s1. The van der Waals surface area contributed by atoms with Crippen molar-refractivity contribution in [1.82, 2.24) is 4.98 Å². The minimum Gasteiger partial charge on any atom is -0.493 e. The van der Waals surface area contributed by atoms with Gasteiger partial charge in [0, 0.05) is 22.9 Å². The maximum Gasteiger partial charge on any atom is 0.326 e. The molecule has 2 N–H and O–H groups in total. The van der Waals surface area contributed by atoms with Crippen LogP contribution in [-0.2, 0) is 11.2 Å². The van der Waals surface area contributed by atoms with Gasteiger partial charge in [-0.1, -0.05) is 54.6 Å². The maximum atomic E-state index is 14.3. The van der Waals surface area contributed by atoms with Crippen LogP contribution in [0.5, 0.6) is 5.75 Å². The molecule has 5 rings (SSSR count). The first kappa shape index (κ1) is 27.3. The molecule has 6 nitrogen and oxygen atoms in total. The molecule has 1 aromatic heterocycles. The quantitative estimate of drug-likeness (QED) is 0.202. The Bertz CT molecular complexity index is 1760. The number of fused-ring (bicyclic) bond motifs is 1. The molecule has 0 saturated heterocycles. The number of pyridine rings is 1. The van der Waals surface area contributed by atoms with E-state index in [-0.39, 0.29) is 23.1 Å². The van der Waals surface area contributed by atoms with Crippen LogP contribution in [0, 0.1) is 23.0 Å². The molecule has 0 aliphatic rings. The van der Waals surface area contributed by atoms with E-state index >= 15 is 0 Å². The lowest BCUT2D eigenvalue weighted by molar-refractivity contribution is -0.137. The van der Waals surface area contributed by atoms with Crippen LogP contribution >= 0.6 is 0 Å². The van der Waals surface area contributed by atoms with Crippen LogP contribution in [0.4, 0.5) is 14.5 Å². The van der Waals surface area contributed by atoms with Gasteiger partial charge in [-0.2, -0.15) is 5.26 Å². The van der Waals surface area contributed by atoms with Gasteiger partial charge in [-0.3, -0.25) is 0 Å². The third kappa shape index (κ3) is 5.85. The van der Waals surface area contributed by atoms with E-state index in [1.165, 1.54) is 42.5 Å². The average molecular weight is 550 g/mol. The number of carbonyl (C=O) groups is 1. The minimum atomic E-state index is -1.19. The summed E-state index contributed by atoms with van der Waals surface area (Å²) in [5.74, 6) is -1.42. The number of nitriles is 1. The first-order valence-corrected chi connectivity index (χ1v) is 13.0. The normalized spacial score (nSPS) is 11.6. The number of aromatic nitrogens is 1. The molecule has 0 radical (unpaired) electrons. The number of hydrogen-bond acceptors (Lipinski definition) is 5. The molecular formula is C33H25F2N3O3. The molecule has 5 aromatic rings. The van der Waals surface area contributed by atoms with Gasteiger partial charge in [0.15, 0.2) is 0 Å². The topological polar surface area (TPSA) is 95.2 Å². The summed E-state index contributed by atoms with van der Waals surface area (Å²) >= 11 is 0. The molecule has 0 saturated carbocycles. The molecule has 0 amide bonds. The van der Waals surface area contributed by atoms with Gasteiger partial charge in [0.05, 0.1) is 23.5 Å². The Morgan fingerprint density at radius 2 is 1.66 bits per heavy atom. The number of benzene rings is 4. The monoisotopic (exact) mass is 549 g/mol. The highest BCUT2D eigenvalue weighted by Crippen LogP contribution is 2.36. The number of anilines is 1. The third-order valence-electron chi connectivity index (χ3n) is 6.68. The van der Waals surface area contributed by atoms with Crippen molar-refractivity contribution in [3.63, 3.8) is 0 Å². The van der Waals surface area contributed by atoms with Gasteiger partial charge in [0.25, 0.3) is 0 Å². The molecular weight excluding hydrogens is 524 g/mol. The number of halogens is 2. The van der Waals surface area contributed by atoms with E-state index in [2.05, 4.69) is 16.4 Å². The number of aliphatic carboxylic acids is 1. The highest BCUT2D eigenvalue weighted by Gasteiger charge is 2.24. The summed E-state index contributed by atoms with van der Waals surface area (Å²) < 4.78 is 33.5. The zero-order valence-corrected chi connectivity index (χ0v) is 22.1.